The molecule has 0 amide bonds. The molecule has 0 fully saturated rings. The molecule has 78 heavy (non-hydrogen) atoms. The highest BCUT2D eigenvalue weighted by Crippen LogP contribution is 2.24. The highest BCUT2D eigenvalue weighted by molar-refractivity contribution is 7.86. The lowest BCUT2D eigenvalue weighted by Crippen LogP contribution is -2.61. The largest absolute Gasteiger partial charge is 0.638 e. The summed E-state index contributed by atoms with van der Waals surface area (Å²) in [5.41, 5.74) is 0. The van der Waals surface area contributed by atoms with Gasteiger partial charge in [0.2, 0.25) is 0 Å². The van der Waals surface area contributed by atoms with Crippen LogP contribution in [0.5, 0.6) is 0 Å². The van der Waals surface area contributed by atoms with Gasteiger partial charge in [0.25, 0.3) is 40.5 Å². The minimum Gasteiger partial charge on any atom is -0.425 e. The van der Waals surface area contributed by atoms with E-state index in [1.807, 2.05) is 36.0 Å². The molecule has 0 spiro atoms. The van der Waals surface area contributed by atoms with Gasteiger partial charge in [-0.1, -0.05) is 26.2 Å². The Kier molecular flexibility index (Phi) is 43.8. The molecular weight excluding hydrogens is 1300 g/mol. The zero-order chi connectivity index (χ0) is 59.4. The molecule has 0 aromatic rings. The standard InChI is InChI=1S/C34H96N4O25S4Si11/c1-72-59-76(55-68,56-69)27-9-21-53-31-33(39)29-37(13-7-25-66(47,48)49)19-17-35(11-5-23-64(41,42)43)15-16-36(12-6-24-65(44,45)46)18-20-38(14-8-26-67(50,51)52)30-34(40)32-54-22-10-28-77(60-73-2,61-74-3)63-78(57-70,58-71)62-75-4/h33-34,39-40H,5-32,72-75H2,1-4,68-71H3,(H,41,42,43)(H,44,45,46)(H,47,48,49)(H,50,51,52). The lowest BCUT2D eigenvalue weighted by Gasteiger charge is -2.37. The predicted octanol–water partition coefficient (Wildman–Crippen LogP) is -9.05. The summed E-state index contributed by atoms with van der Waals surface area (Å²) in [6.45, 7) is 10.4. The predicted molar refractivity (Wildman–Crippen MR) is 327 cm³/mol. The van der Waals surface area contributed by atoms with E-state index in [0.717, 1.165) is 0 Å². The van der Waals surface area contributed by atoms with Crippen molar-refractivity contribution in [1.29, 1.82) is 0 Å². The summed E-state index contributed by atoms with van der Waals surface area (Å²) >= 11 is 0. The Morgan fingerprint density at radius 1 is 0.423 bits per heavy atom. The maximum absolute atomic E-state index is 11.8. The summed E-state index contributed by atoms with van der Waals surface area (Å²) in [5, 5.41) is 22.2. The lowest BCUT2D eigenvalue weighted by molar-refractivity contribution is 0.0137. The summed E-state index contributed by atoms with van der Waals surface area (Å²) in [6, 6.07) is 0.996. The van der Waals surface area contributed by atoms with Gasteiger partial charge in [0, 0.05) is 77.7 Å². The second-order valence-electron chi connectivity index (χ2n) is 18.0. The minimum atomic E-state index is -4.34. The molecule has 2 atom stereocenters. The summed E-state index contributed by atoms with van der Waals surface area (Å²) in [7, 11) is -28.6. The van der Waals surface area contributed by atoms with Gasteiger partial charge in [-0.3, -0.25) is 28.0 Å². The van der Waals surface area contributed by atoms with Crippen LogP contribution in [0.2, 0.25) is 38.3 Å². The van der Waals surface area contributed by atoms with Gasteiger partial charge in [-0.15, -0.1) is 0 Å². The van der Waals surface area contributed by atoms with Crippen LogP contribution in [-0.2, 0) is 87.0 Å². The smallest absolute Gasteiger partial charge is 0.425 e. The zero-order valence-electron chi connectivity index (χ0n) is 47.1. The van der Waals surface area contributed by atoms with Crippen molar-refractivity contribution in [3.05, 3.63) is 0 Å². The lowest BCUT2D eigenvalue weighted by atomic mass is 10.2. The maximum atomic E-state index is 11.8. The summed E-state index contributed by atoms with van der Waals surface area (Å²) in [4.78, 5) is 7.35. The van der Waals surface area contributed by atoms with E-state index in [0.29, 0.717) is 73.5 Å². The Labute approximate surface area is 490 Å². The van der Waals surface area contributed by atoms with Crippen LogP contribution >= 0.6 is 0 Å². The van der Waals surface area contributed by atoms with Crippen LogP contribution in [-0.4, -0.2) is 330 Å². The quantitative estimate of drug-likeness (QED) is 0.0187. The van der Waals surface area contributed by atoms with Crippen LogP contribution in [0.15, 0.2) is 0 Å². The van der Waals surface area contributed by atoms with Crippen molar-refractivity contribution in [3.63, 3.8) is 0 Å². The minimum absolute atomic E-state index is 0.0121. The molecule has 44 heteroatoms. The van der Waals surface area contributed by atoms with Gasteiger partial charge in [0.15, 0.2) is 9.76 Å². The molecule has 0 aliphatic heterocycles. The van der Waals surface area contributed by atoms with Gasteiger partial charge in [-0.25, -0.2) is 0 Å². The Morgan fingerprint density at radius 3 is 1.01 bits per heavy atom. The Balaban J connectivity index is 6.27. The van der Waals surface area contributed by atoms with Crippen molar-refractivity contribution >= 4 is 148 Å². The van der Waals surface area contributed by atoms with Gasteiger partial charge in [-0.05, 0) is 64.7 Å². The SMILES string of the molecule is C[SiH2]O[Si](CCCOCC(O)CN(CCCS(=O)(=O)O)CCN(CCCS(=O)(=O)O)CCN(CCCS(=O)(=O)O)CCN(CCCS(=O)(=O)O)CC(O)COCCC[Si](O[SiH2]C)(O[SiH2]C)O[Si](O[SiH3])(O[SiH3])O[SiH2]C)(O[SiH3])O[SiH3]. The van der Waals surface area contributed by atoms with E-state index in [-0.39, 0.29) is 124 Å². The van der Waals surface area contributed by atoms with Crippen molar-refractivity contribution in [3.8, 4) is 0 Å². The van der Waals surface area contributed by atoms with Crippen LogP contribution < -0.4 is 0 Å². The number of rotatable bonds is 55. The average molecular weight is 1400 g/mol. The first-order chi connectivity index (χ1) is 36.5. The molecule has 0 saturated carbocycles. The van der Waals surface area contributed by atoms with Crippen molar-refractivity contribution in [1.82, 2.24) is 19.6 Å². The van der Waals surface area contributed by atoms with E-state index in [9.17, 15) is 62.1 Å². The second-order valence-corrected chi connectivity index (χ2v) is 43.3. The normalized spacial score (nSPS) is 17.1. The molecule has 29 nitrogen and oxygen atoms in total. The van der Waals surface area contributed by atoms with Crippen molar-refractivity contribution in [2.24, 2.45) is 0 Å². The number of aliphatic hydroxyl groups is 2. The first kappa shape index (κ1) is 79.3. The Morgan fingerprint density at radius 2 is 0.718 bits per heavy atom. The number of hydrogen-bond donors (Lipinski definition) is 6. The topological polar surface area (TPSA) is 372 Å². The van der Waals surface area contributed by atoms with Gasteiger partial charge < -0.3 is 66.5 Å². The third-order valence-corrected chi connectivity index (χ3v) is 39.3. The van der Waals surface area contributed by atoms with Crippen LogP contribution in [0.1, 0.15) is 38.5 Å². The summed E-state index contributed by atoms with van der Waals surface area (Å²) < 4.78 is 197. The molecule has 6 N–H and O–H groups in total. The Bertz CT molecular complexity index is 2000. The van der Waals surface area contributed by atoms with Crippen LogP contribution in [0.3, 0.4) is 0 Å². The molecule has 0 aromatic carbocycles. The molecule has 470 valence electrons. The molecule has 0 aliphatic carbocycles. The van der Waals surface area contributed by atoms with E-state index in [2.05, 4.69) is 0 Å². The fourth-order valence-electron chi connectivity index (χ4n) is 8.03. The van der Waals surface area contributed by atoms with Crippen LogP contribution in [0, 0.1) is 0 Å². The van der Waals surface area contributed by atoms with Crippen molar-refractivity contribution < 1.29 is 109 Å². The Hall–Kier alpha value is 1.35. The summed E-state index contributed by atoms with van der Waals surface area (Å²) in [5.74, 6) is -2.16. The van der Waals surface area contributed by atoms with E-state index >= 15 is 0 Å². The van der Waals surface area contributed by atoms with Gasteiger partial charge >= 0.3 is 26.7 Å². The highest BCUT2D eigenvalue weighted by atomic mass is 32.2. The van der Waals surface area contributed by atoms with E-state index < -0.39 is 141 Å². The van der Waals surface area contributed by atoms with Gasteiger partial charge in [0.1, 0.15) is 71.2 Å². The van der Waals surface area contributed by atoms with E-state index in [1.165, 1.54) is 0 Å². The van der Waals surface area contributed by atoms with Crippen LogP contribution in [0.4, 0.5) is 0 Å². The van der Waals surface area contributed by atoms with Crippen molar-refractivity contribution in [2.75, 3.05) is 128 Å². The fraction of sp³-hybridized carbons (Fsp3) is 1.00. The number of aliphatic hydroxyl groups excluding tert-OH is 2. The third kappa shape index (κ3) is 41.4. The van der Waals surface area contributed by atoms with E-state index in [4.69, 9.17) is 46.5 Å². The number of hydrogen-bond acceptors (Lipinski definition) is 25. The third-order valence-electron chi connectivity index (χ3n) is 11.6. The molecule has 0 heterocycles. The van der Waals surface area contributed by atoms with Crippen LogP contribution in [0.25, 0.3) is 0 Å². The van der Waals surface area contributed by atoms with Crippen molar-refractivity contribution in [2.45, 2.75) is 89.0 Å². The molecule has 0 aromatic heterocycles. The average Bonchev–Trinajstić information content (AvgIpc) is 3.33. The van der Waals surface area contributed by atoms with Gasteiger partial charge in [0.05, 0.1) is 48.4 Å². The van der Waals surface area contributed by atoms with Gasteiger partial charge in [-0.2, -0.15) is 33.7 Å². The molecule has 0 radical (unpaired) electrons. The maximum Gasteiger partial charge on any atom is 0.638 e. The molecule has 0 saturated heterocycles. The second kappa shape index (κ2) is 43.0. The number of ether oxygens (including phenoxy) is 2. The number of nitrogens with zero attached hydrogens (tertiary/aromatic N) is 4. The first-order valence-electron chi connectivity index (χ1n) is 26.2. The summed E-state index contributed by atoms with van der Waals surface area (Å²) in [6.07, 6.45) is -0.914. The van der Waals surface area contributed by atoms with E-state index in [1.54, 1.807) is 9.80 Å². The monoisotopic (exact) mass is 1400 g/mol. The zero-order valence-corrected chi connectivity index (χ0v) is 67.1. The molecule has 0 rings (SSSR count). The molecule has 0 aliphatic rings. The molecule has 0 bridgehead atoms. The highest BCUT2D eigenvalue weighted by Gasteiger charge is 2.53. The molecule has 2 unspecified atom stereocenters. The molecular formula is C34H96N4O25S4Si11. The fourth-order valence-corrected chi connectivity index (χ4v) is 39.2. The first-order valence-corrected chi connectivity index (χ1v) is 49.3.